The quantitative estimate of drug-likeness (QED) is 0.762. The number of rotatable bonds is 0. The molecule has 4 bridgehead atoms. The van der Waals surface area contributed by atoms with E-state index in [2.05, 4.69) is 32.2 Å². The first-order valence-electron chi connectivity index (χ1n) is 8.53. The van der Waals surface area contributed by atoms with Gasteiger partial charge in [0.1, 0.15) is 5.82 Å². The fraction of sp³-hybridized carbons (Fsp3) is 0.389. The predicted molar refractivity (Wildman–Crippen MR) is 95.7 cm³/mol. The van der Waals surface area contributed by atoms with E-state index in [0.29, 0.717) is 36.7 Å². The van der Waals surface area contributed by atoms with Gasteiger partial charge in [-0.1, -0.05) is 6.07 Å². The Balaban J connectivity index is 1.68. The summed E-state index contributed by atoms with van der Waals surface area (Å²) in [5, 5.41) is 6.27. The van der Waals surface area contributed by atoms with Gasteiger partial charge in [0.25, 0.3) is 0 Å². The molecule has 0 radical (unpaired) electrons. The van der Waals surface area contributed by atoms with E-state index in [1.165, 1.54) is 0 Å². The van der Waals surface area contributed by atoms with Crippen molar-refractivity contribution in [2.75, 3.05) is 25.1 Å². The first-order chi connectivity index (χ1) is 12.3. The molecule has 0 aliphatic carbocycles. The molecule has 7 heteroatoms. The minimum atomic E-state index is 0.514. The van der Waals surface area contributed by atoms with Gasteiger partial charge < -0.3 is 20.1 Å². The highest BCUT2D eigenvalue weighted by atomic mass is 16.5. The summed E-state index contributed by atoms with van der Waals surface area (Å²) in [6.07, 6.45) is 7.26. The Labute approximate surface area is 147 Å². The monoisotopic (exact) mass is 341 g/mol. The highest BCUT2D eigenvalue weighted by Crippen LogP contribution is 2.15. The van der Waals surface area contributed by atoms with Crippen LogP contribution in [0.3, 0.4) is 0 Å². The van der Waals surface area contributed by atoms with Crippen LogP contribution in [0.1, 0.15) is 24.8 Å². The maximum absolute atomic E-state index is 5.69. The smallest absolute Gasteiger partial charge is 0.228 e. The van der Waals surface area contributed by atoms with Crippen molar-refractivity contribution in [3.63, 3.8) is 0 Å². The largest absolute Gasteiger partial charge is 0.480 e. The topological polar surface area (TPSA) is 81.2 Å². The van der Waals surface area contributed by atoms with Crippen LogP contribution in [-0.2, 0) is 11.2 Å². The number of hydrogen-bond donors (Lipinski definition) is 2. The Morgan fingerprint density at radius 3 is 2.72 bits per heavy atom. The number of ether oxygens (including phenoxy) is 2. The molecule has 0 saturated carbocycles. The molecule has 0 fully saturated rings. The molecule has 0 amide bonds. The summed E-state index contributed by atoms with van der Waals surface area (Å²) < 4.78 is 11.3. The van der Waals surface area contributed by atoms with E-state index < -0.39 is 0 Å². The third-order valence-electron chi connectivity index (χ3n) is 3.70. The van der Waals surface area contributed by atoms with Crippen LogP contribution in [0.25, 0.3) is 0 Å². The third-order valence-corrected chi connectivity index (χ3v) is 3.70. The molecule has 0 aromatic carbocycles. The third kappa shape index (κ3) is 5.63. The van der Waals surface area contributed by atoms with Crippen molar-refractivity contribution >= 4 is 11.8 Å². The SMILES string of the molecule is C=C1NCCCCOc2cccc(n2)Nc2ncc(cn2)CCCO1. The van der Waals surface area contributed by atoms with Crippen LogP contribution in [0, 0.1) is 0 Å². The van der Waals surface area contributed by atoms with Gasteiger partial charge in [-0.05, 0) is 43.9 Å². The number of hydrogen-bond acceptors (Lipinski definition) is 7. The summed E-state index contributed by atoms with van der Waals surface area (Å²) in [5.41, 5.74) is 1.07. The minimum Gasteiger partial charge on any atom is -0.480 e. The lowest BCUT2D eigenvalue weighted by Gasteiger charge is -2.11. The fourth-order valence-electron chi connectivity index (χ4n) is 2.38. The van der Waals surface area contributed by atoms with Crippen LogP contribution in [0.4, 0.5) is 11.8 Å². The van der Waals surface area contributed by atoms with E-state index in [9.17, 15) is 0 Å². The molecule has 4 heterocycles. The molecule has 2 aliphatic heterocycles. The minimum absolute atomic E-state index is 0.514. The van der Waals surface area contributed by atoms with Crippen LogP contribution in [0.15, 0.2) is 43.1 Å². The van der Waals surface area contributed by atoms with Gasteiger partial charge in [-0.25, -0.2) is 9.97 Å². The summed E-state index contributed by atoms with van der Waals surface area (Å²) >= 11 is 0. The molecule has 0 unspecified atom stereocenters. The lowest BCUT2D eigenvalue weighted by molar-refractivity contribution is 0.188. The van der Waals surface area contributed by atoms with Crippen LogP contribution >= 0.6 is 0 Å². The Morgan fingerprint density at radius 1 is 1.00 bits per heavy atom. The number of aryl methyl sites for hydroxylation is 1. The molecule has 0 saturated heterocycles. The molecule has 2 aromatic heterocycles. The number of aromatic nitrogens is 3. The molecular formula is C18H23N5O2. The van der Waals surface area contributed by atoms with Gasteiger partial charge in [0.15, 0.2) is 5.88 Å². The average Bonchev–Trinajstić information content (AvgIpc) is 2.63. The van der Waals surface area contributed by atoms with Crippen molar-refractivity contribution in [3.8, 4) is 5.88 Å². The van der Waals surface area contributed by atoms with Crippen LogP contribution in [-0.4, -0.2) is 34.7 Å². The van der Waals surface area contributed by atoms with Crippen molar-refractivity contribution in [2.24, 2.45) is 0 Å². The first-order valence-corrected chi connectivity index (χ1v) is 8.53. The van der Waals surface area contributed by atoms with Gasteiger partial charge in [-0.3, -0.25) is 0 Å². The molecule has 2 aromatic rings. The molecule has 2 N–H and O–H groups in total. The Bertz CT molecular complexity index is 690. The normalized spacial score (nSPS) is 16.2. The maximum atomic E-state index is 5.69. The molecular weight excluding hydrogens is 318 g/mol. The summed E-state index contributed by atoms with van der Waals surface area (Å²) in [6.45, 7) is 5.91. The van der Waals surface area contributed by atoms with Gasteiger partial charge in [0.05, 0.1) is 13.2 Å². The molecule has 4 rings (SSSR count). The van der Waals surface area contributed by atoms with Crippen molar-refractivity contribution in [1.29, 1.82) is 0 Å². The first kappa shape index (κ1) is 17.0. The molecule has 7 nitrogen and oxygen atoms in total. The zero-order valence-electron chi connectivity index (χ0n) is 14.2. The second-order valence-corrected chi connectivity index (χ2v) is 5.76. The highest BCUT2D eigenvalue weighted by molar-refractivity contribution is 5.48. The zero-order valence-corrected chi connectivity index (χ0v) is 14.2. The summed E-state index contributed by atoms with van der Waals surface area (Å²) in [6, 6.07) is 5.59. The van der Waals surface area contributed by atoms with E-state index in [0.717, 1.165) is 37.8 Å². The van der Waals surface area contributed by atoms with Crippen molar-refractivity contribution in [3.05, 3.63) is 48.6 Å². The van der Waals surface area contributed by atoms with Gasteiger partial charge in [-0.15, -0.1) is 0 Å². The Morgan fingerprint density at radius 2 is 1.84 bits per heavy atom. The van der Waals surface area contributed by atoms with Gasteiger partial charge >= 0.3 is 0 Å². The van der Waals surface area contributed by atoms with Gasteiger partial charge in [0, 0.05) is 25.0 Å². The van der Waals surface area contributed by atoms with Crippen molar-refractivity contribution in [1.82, 2.24) is 20.3 Å². The predicted octanol–water partition coefficient (Wildman–Crippen LogP) is 2.80. The summed E-state index contributed by atoms with van der Waals surface area (Å²) in [5.74, 6) is 2.37. The van der Waals surface area contributed by atoms with E-state index >= 15 is 0 Å². The maximum Gasteiger partial charge on any atom is 0.228 e. The van der Waals surface area contributed by atoms with E-state index in [1.54, 1.807) is 0 Å². The number of nitrogens with one attached hydrogen (secondary N) is 2. The molecule has 2 aliphatic rings. The van der Waals surface area contributed by atoms with E-state index in [1.807, 2.05) is 30.6 Å². The van der Waals surface area contributed by atoms with Crippen LogP contribution < -0.4 is 15.4 Å². The van der Waals surface area contributed by atoms with Crippen LogP contribution in [0.2, 0.25) is 0 Å². The Hall–Kier alpha value is -2.83. The standard InChI is InChI=1S/C18H23N5O2/c1-14-19-9-2-3-10-25-17-8-4-7-16(22-17)23-18-20-12-15(13-21-18)6-5-11-24-14/h4,7-8,12-13,19H,1-3,5-6,9-11H2,(H,20,21,22,23). The summed E-state index contributed by atoms with van der Waals surface area (Å²) in [7, 11) is 0. The number of fused-ring (bicyclic) bond motifs is 12. The van der Waals surface area contributed by atoms with E-state index in [4.69, 9.17) is 9.47 Å². The highest BCUT2D eigenvalue weighted by Gasteiger charge is 2.04. The summed E-state index contributed by atoms with van der Waals surface area (Å²) in [4.78, 5) is 13.1. The second-order valence-electron chi connectivity index (χ2n) is 5.76. The van der Waals surface area contributed by atoms with Gasteiger partial charge in [0.2, 0.25) is 11.8 Å². The second kappa shape index (κ2) is 8.86. The van der Waals surface area contributed by atoms with Crippen molar-refractivity contribution in [2.45, 2.75) is 25.7 Å². The molecule has 132 valence electrons. The lowest BCUT2D eigenvalue weighted by atomic mass is 10.2. The van der Waals surface area contributed by atoms with E-state index in [-0.39, 0.29) is 0 Å². The number of nitrogens with zero attached hydrogens (tertiary/aromatic N) is 3. The van der Waals surface area contributed by atoms with Gasteiger partial charge in [-0.2, -0.15) is 4.98 Å². The average molecular weight is 341 g/mol. The molecule has 25 heavy (non-hydrogen) atoms. The molecule has 0 atom stereocenters. The van der Waals surface area contributed by atoms with Crippen LogP contribution in [0.5, 0.6) is 5.88 Å². The number of anilines is 2. The fourth-order valence-corrected chi connectivity index (χ4v) is 2.38. The zero-order chi connectivity index (χ0) is 17.3. The molecule has 0 spiro atoms. The lowest BCUT2D eigenvalue weighted by Crippen LogP contribution is -2.17. The Kier molecular flexibility index (Phi) is 6.03. The van der Waals surface area contributed by atoms with Crippen molar-refractivity contribution < 1.29 is 9.47 Å². The number of pyridine rings is 1.